The van der Waals surface area contributed by atoms with Crippen molar-refractivity contribution in [3.63, 3.8) is 0 Å². The van der Waals surface area contributed by atoms with E-state index in [0.29, 0.717) is 6.61 Å². The van der Waals surface area contributed by atoms with E-state index >= 15 is 0 Å². The number of fused-ring (bicyclic) bond motifs is 1. The Morgan fingerprint density at radius 2 is 1.68 bits per heavy atom. The minimum absolute atomic E-state index is 0. The number of ether oxygens (including phenoxy) is 1. The summed E-state index contributed by atoms with van der Waals surface area (Å²) in [5.41, 5.74) is 5.00. The predicted molar refractivity (Wildman–Crippen MR) is 148 cm³/mol. The van der Waals surface area contributed by atoms with Crippen LogP contribution in [0.15, 0.2) is 85.3 Å². The topological polar surface area (TPSA) is 38.2 Å². The van der Waals surface area contributed by atoms with Crippen molar-refractivity contribution in [2.75, 3.05) is 19.7 Å². The number of aryl methyl sites for hydroxylation is 1. The largest absolute Gasteiger partial charge is 0.494 e. The Labute approximate surface area is 221 Å². The second kappa shape index (κ2) is 15.5. The molecule has 4 aromatic rings. The molecule has 4 rings (SSSR count). The van der Waals surface area contributed by atoms with Gasteiger partial charge in [0.25, 0.3) is 0 Å². The molecule has 34 heavy (non-hydrogen) atoms. The molecule has 0 atom stereocenters. The monoisotopic (exact) mass is 519 g/mol. The zero-order valence-electron chi connectivity index (χ0n) is 19.3. The van der Waals surface area contributed by atoms with Crippen LogP contribution in [0.1, 0.15) is 23.1 Å². The van der Waals surface area contributed by atoms with Gasteiger partial charge in [0.2, 0.25) is 0 Å². The van der Waals surface area contributed by atoms with Crippen LogP contribution in [0.4, 0.5) is 0 Å². The van der Waals surface area contributed by atoms with E-state index in [4.69, 9.17) is 4.74 Å². The normalized spacial score (nSPS) is 10.2. The van der Waals surface area contributed by atoms with Crippen LogP contribution in [-0.4, -0.2) is 34.6 Å². The van der Waals surface area contributed by atoms with Gasteiger partial charge in [-0.1, -0.05) is 36.4 Å². The fraction of sp³-hybridized carbons (Fsp3) is 0.259. The first-order valence-electron chi connectivity index (χ1n) is 10.9. The molecule has 0 spiro atoms. The molecule has 182 valence electrons. The second-order valence-electron chi connectivity index (χ2n) is 7.87. The average Bonchev–Trinajstić information content (AvgIpc) is 2.82. The Hall–Kier alpha value is -2.37. The van der Waals surface area contributed by atoms with E-state index in [-0.39, 0.29) is 37.2 Å². The van der Waals surface area contributed by atoms with Crippen LogP contribution in [0.3, 0.4) is 0 Å². The minimum Gasteiger partial charge on any atom is -0.494 e. The summed E-state index contributed by atoms with van der Waals surface area (Å²) in [5.74, 6) is 0.904. The van der Waals surface area contributed by atoms with Crippen molar-refractivity contribution in [2.24, 2.45) is 0 Å². The van der Waals surface area contributed by atoms with Crippen molar-refractivity contribution in [2.45, 2.75) is 26.3 Å². The first-order valence-corrected chi connectivity index (χ1v) is 10.9. The highest BCUT2D eigenvalue weighted by molar-refractivity contribution is 5.86. The van der Waals surface area contributed by atoms with Crippen molar-refractivity contribution in [3.05, 3.63) is 102 Å². The highest BCUT2D eigenvalue weighted by Crippen LogP contribution is 2.19. The van der Waals surface area contributed by atoms with Crippen LogP contribution < -0.4 is 4.74 Å². The Bertz CT molecular complexity index is 1110. The molecule has 0 aliphatic heterocycles. The summed E-state index contributed by atoms with van der Waals surface area (Å²) in [6.45, 7) is 5.83. The van der Waals surface area contributed by atoms with Crippen LogP contribution in [-0.2, 0) is 13.0 Å². The van der Waals surface area contributed by atoms with Crippen LogP contribution in [0.5, 0.6) is 5.75 Å². The molecule has 2 heterocycles. The molecule has 0 N–H and O–H groups in total. The van der Waals surface area contributed by atoms with E-state index in [2.05, 4.69) is 64.3 Å². The number of hydrogen-bond donors (Lipinski definition) is 0. The summed E-state index contributed by atoms with van der Waals surface area (Å²) in [6, 6.07) is 22.9. The zero-order chi connectivity index (χ0) is 21.3. The van der Waals surface area contributed by atoms with Gasteiger partial charge in [-0.25, -0.2) is 0 Å². The molecular weight excluding hydrogens is 489 g/mol. The first kappa shape index (κ1) is 29.7. The van der Waals surface area contributed by atoms with Crippen molar-refractivity contribution < 1.29 is 4.74 Å². The number of halogens is 3. The van der Waals surface area contributed by atoms with Gasteiger partial charge in [0, 0.05) is 43.6 Å². The zero-order valence-corrected chi connectivity index (χ0v) is 21.7. The minimum atomic E-state index is 0. The number of nitrogens with zero attached hydrogens (tertiary/aromatic N) is 3. The Balaban J connectivity index is 0.00000193. The summed E-state index contributed by atoms with van der Waals surface area (Å²) < 4.78 is 6.04. The smallest absolute Gasteiger partial charge is 0.120 e. The van der Waals surface area contributed by atoms with E-state index in [0.717, 1.165) is 49.1 Å². The predicted octanol–water partition coefficient (Wildman–Crippen LogP) is 6.72. The maximum Gasteiger partial charge on any atom is 0.120 e. The Morgan fingerprint density at radius 3 is 2.47 bits per heavy atom. The number of benzene rings is 2. The molecule has 4 nitrogen and oxygen atoms in total. The van der Waals surface area contributed by atoms with E-state index in [1.54, 1.807) is 0 Å². The molecule has 2 aromatic carbocycles. The van der Waals surface area contributed by atoms with Crippen LogP contribution in [0.2, 0.25) is 0 Å². The highest BCUT2D eigenvalue weighted by Gasteiger charge is 2.09. The molecule has 0 bridgehead atoms. The number of hydrogen-bond acceptors (Lipinski definition) is 4. The summed E-state index contributed by atoms with van der Waals surface area (Å²) >= 11 is 0. The molecule has 0 saturated carbocycles. The third-order valence-corrected chi connectivity index (χ3v) is 5.56. The average molecular weight is 521 g/mol. The first-order chi connectivity index (χ1) is 15.3. The molecule has 0 fully saturated rings. The summed E-state index contributed by atoms with van der Waals surface area (Å²) in [4.78, 5) is 11.1. The van der Waals surface area contributed by atoms with Crippen LogP contribution in [0.25, 0.3) is 10.9 Å². The molecule has 0 saturated heterocycles. The molecule has 0 amide bonds. The van der Waals surface area contributed by atoms with Gasteiger partial charge < -0.3 is 4.74 Å². The van der Waals surface area contributed by atoms with Gasteiger partial charge in [0.1, 0.15) is 5.75 Å². The Kier molecular flexibility index (Phi) is 13.5. The fourth-order valence-electron chi connectivity index (χ4n) is 3.75. The van der Waals surface area contributed by atoms with E-state index in [9.17, 15) is 0 Å². The van der Waals surface area contributed by atoms with Gasteiger partial charge >= 0.3 is 0 Å². The van der Waals surface area contributed by atoms with Crippen molar-refractivity contribution in [1.29, 1.82) is 0 Å². The van der Waals surface area contributed by atoms with Gasteiger partial charge in [-0.3, -0.25) is 14.9 Å². The number of rotatable bonds is 10. The third kappa shape index (κ3) is 8.77. The fourth-order valence-corrected chi connectivity index (χ4v) is 3.75. The lowest BCUT2D eigenvalue weighted by Crippen LogP contribution is -2.28. The summed E-state index contributed by atoms with van der Waals surface area (Å²) in [7, 11) is 0. The molecule has 2 aromatic heterocycles. The molecular formula is C27H32Cl3N3O. The molecule has 0 radical (unpaired) electrons. The van der Waals surface area contributed by atoms with Crippen molar-refractivity contribution in [3.8, 4) is 5.75 Å². The number of aromatic nitrogens is 2. The highest BCUT2D eigenvalue weighted by atomic mass is 35.5. The maximum atomic E-state index is 6.04. The molecule has 0 aliphatic rings. The van der Waals surface area contributed by atoms with Crippen LogP contribution >= 0.6 is 37.2 Å². The van der Waals surface area contributed by atoms with E-state index < -0.39 is 0 Å². The quantitative estimate of drug-likeness (QED) is 0.218. The Morgan fingerprint density at radius 1 is 0.853 bits per heavy atom. The van der Waals surface area contributed by atoms with E-state index in [1.807, 2.05) is 42.9 Å². The molecule has 0 aliphatic carbocycles. The SMILES string of the molecule is Cc1ccccc1CN(CCCOc1ccc2ncccc2c1)CCc1cccnc1.Cl.Cl.Cl. The maximum absolute atomic E-state index is 6.04. The van der Waals surface area contributed by atoms with Gasteiger partial charge in [-0.2, -0.15) is 0 Å². The van der Waals surface area contributed by atoms with Gasteiger partial charge in [-0.05, 0) is 66.8 Å². The molecule has 0 unspecified atom stereocenters. The lowest BCUT2D eigenvalue weighted by Gasteiger charge is -2.23. The van der Waals surface area contributed by atoms with Gasteiger partial charge in [0.05, 0.1) is 12.1 Å². The van der Waals surface area contributed by atoms with Gasteiger partial charge in [0.15, 0.2) is 0 Å². The van der Waals surface area contributed by atoms with Gasteiger partial charge in [-0.15, -0.1) is 37.2 Å². The lowest BCUT2D eigenvalue weighted by molar-refractivity contribution is 0.229. The molecule has 7 heteroatoms. The summed E-state index contributed by atoms with van der Waals surface area (Å²) in [6.07, 6.45) is 7.58. The second-order valence-corrected chi connectivity index (χ2v) is 7.87. The summed E-state index contributed by atoms with van der Waals surface area (Å²) in [5, 5.41) is 1.11. The number of pyridine rings is 2. The third-order valence-electron chi connectivity index (χ3n) is 5.56. The van der Waals surface area contributed by atoms with Crippen molar-refractivity contribution in [1.82, 2.24) is 14.9 Å². The lowest BCUT2D eigenvalue weighted by atomic mass is 10.1. The van der Waals surface area contributed by atoms with Crippen LogP contribution in [0, 0.1) is 6.92 Å². The van der Waals surface area contributed by atoms with E-state index in [1.165, 1.54) is 16.7 Å². The standard InChI is InChI=1S/C27H29N3O.3ClH/c1-22-7-2-3-9-25(22)21-30(17-13-23-8-4-14-28-20-23)16-6-18-31-26-11-12-27-24(19-26)10-5-15-29-27;;;/h2-5,7-12,14-15,19-20H,6,13,16-18,21H2,1H3;3*1H. The van der Waals surface area contributed by atoms with Crippen molar-refractivity contribution >= 4 is 48.1 Å².